The summed E-state index contributed by atoms with van der Waals surface area (Å²) in [6.45, 7) is 5.61. The van der Waals surface area contributed by atoms with Crippen molar-refractivity contribution in [3.8, 4) is 5.88 Å². The van der Waals surface area contributed by atoms with Crippen molar-refractivity contribution in [2.24, 2.45) is 35.0 Å². The molecule has 11 nitrogen and oxygen atoms in total. The third kappa shape index (κ3) is 11.2. The van der Waals surface area contributed by atoms with E-state index in [9.17, 15) is 32.3 Å². The maximum atomic E-state index is 15.0. The number of nitrogens with zero attached hydrogens (tertiary/aromatic N) is 3. The Morgan fingerprint density at radius 3 is 2.30 bits per heavy atom. The summed E-state index contributed by atoms with van der Waals surface area (Å²) < 4.78 is 52.5. The summed E-state index contributed by atoms with van der Waals surface area (Å²) in [5.74, 6) is -3.01. The number of hydrogen-bond acceptors (Lipinski definition) is 10. The lowest BCUT2D eigenvalue weighted by Crippen LogP contribution is -2.49. The monoisotopic (exact) mass is 868 g/mol. The number of aromatic nitrogens is 2. The van der Waals surface area contributed by atoms with E-state index < -0.39 is 64.7 Å². The zero-order chi connectivity index (χ0) is 43.6. The Morgan fingerprint density at radius 2 is 1.67 bits per heavy atom. The minimum Gasteiger partial charge on any atom is -0.472 e. The van der Waals surface area contributed by atoms with Gasteiger partial charge < -0.3 is 19.4 Å². The molecule has 1 aliphatic heterocycles. The van der Waals surface area contributed by atoms with E-state index in [2.05, 4.69) is 15.3 Å². The molecule has 2 aromatic heterocycles. The minimum atomic E-state index is -4.57. The zero-order valence-electron chi connectivity index (χ0n) is 35.1. The highest BCUT2D eigenvalue weighted by molar-refractivity contribution is 6.38. The Morgan fingerprint density at radius 1 is 0.934 bits per heavy atom. The second-order valence-corrected chi connectivity index (χ2v) is 19.4. The number of oxazole rings is 1. The largest absolute Gasteiger partial charge is 0.472 e. The summed E-state index contributed by atoms with van der Waals surface area (Å²) >= 11 is 6.07. The third-order valence-corrected chi connectivity index (χ3v) is 13.4. The lowest BCUT2D eigenvalue weighted by molar-refractivity contribution is -0.147. The molecule has 3 aromatic rings. The van der Waals surface area contributed by atoms with Gasteiger partial charge in [0.05, 0.1) is 29.2 Å². The number of anilines is 1. The standard InChI is InChI=1S/C46H56ClF3N4O7/c1-45(2,3)33(23-37(56)41(28-10-5-4-6-11-28)53-44-52-34-21-30(46(48,49)50)14-16-39(34)61-44)43(59)54-25-32(60-40-17-15-31(47)24-51-40)22-35(54)36(55)20-29(18-26-8-7-9-26)42(58)38(57)19-27-12-13-27/h14-17,21,24,26-29,32-33,35,41H,4-13,18-20,22-23,25H2,1-3H3,(H,52,53)/t29?,32-,33-,35+,41+/m1/s1. The molecule has 0 radical (unpaired) electrons. The molecule has 5 atom stereocenters. The fourth-order valence-electron chi connectivity index (χ4n) is 9.26. The van der Waals surface area contributed by atoms with Crippen molar-refractivity contribution in [2.45, 2.75) is 141 Å². The highest BCUT2D eigenvalue weighted by atomic mass is 35.5. The quantitative estimate of drug-likeness (QED) is 0.123. The van der Waals surface area contributed by atoms with Crippen LogP contribution in [0.1, 0.15) is 123 Å². The van der Waals surface area contributed by atoms with Crippen LogP contribution in [0.25, 0.3) is 11.1 Å². The summed E-state index contributed by atoms with van der Waals surface area (Å²) in [7, 11) is 0. The number of halogens is 4. The van der Waals surface area contributed by atoms with Gasteiger partial charge in [-0.05, 0) is 79.5 Å². The number of hydrogen-bond donors (Lipinski definition) is 1. The van der Waals surface area contributed by atoms with Crippen LogP contribution >= 0.6 is 11.6 Å². The van der Waals surface area contributed by atoms with Crippen LogP contribution in [0.4, 0.5) is 19.2 Å². The van der Waals surface area contributed by atoms with Gasteiger partial charge in [-0.15, -0.1) is 0 Å². The average molecular weight is 869 g/mol. The summed E-state index contributed by atoms with van der Waals surface area (Å²) in [5, 5.41) is 3.53. The molecule has 1 N–H and O–H groups in total. The number of ether oxygens (including phenoxy) is 1. The summed E-state index contributed by atoms with van der Waals surface area (Å²) in [6, 6.07) is 4.34. The Balaban J connectivity index is 1.14. The second-order valence-electron chi connectivity index (χ2n) is 18.9. The Bertz CT molecular complexity index is 2090. The molecular weight excluding hydrogens is 813 g/mol. The van der Waals surface area contributed by atoms with Crippen molar-refractivity contribution < 1.29 is 46.3 Å². The first-order valence-electron chi connectivity index (χ1n) is 21.9. The predicted octanol–water partition coefficient (Wildman–Crippen LogP) is 9.63. The molecule has 15 heteroatoms. The maximum Gasteiger partial charge on any atom is 0.416 e. The molecule has 3 saturated carbocycles. The van der Waals surface area contributed by atoms with E-state index in [1.54, 1.807) is 12.1 Å². The fourth-order valence-corrected chi connectivity index (χ4v) is 9.37. The zero-order valence-corrected chi connectivity index (χ0v) is 35.9. The molecule has 4 fully saturated rings. The second kappa shape index (κ2) is 18.6. The van der Waals surface area contributed by atoms with Crippen molar-refractivity contribution in [1.29, 1.82) is 0 Å². The van der Waals surface area contributed by atoms with E-state index in [4.69, 9.17) is 20.8 Å². The molecule has 1 saturated heterocycles. The predicted molar refractivity (Wildman–Crippen MR) is 222 cm³/mol. The number of ketones is 4. The molecule has 0 bridgehead atoms. The number of likely N-dealkylation sites (tertiary alicyclic amines) is 1. The summed E-state index contributed by atoms with van der Waals surface area (Å²) in [5.41, 5.74) is -1.51. The van der Waals surface area contributed by atoms with E-state index in [-0.39, 0.29) is 84.5 Å². The lowest BCUT2D eigenvalue weighted by atomic mass is 9.74. The van der Waals surface area contributed by atoms with Crippen LogP contribution < -0.4 is 10.1 Å². The van der Waals surface area contributed by atoms with Gasteiger partial charge >= 0.3 is 6.18 Å². The number of alkyl halides is 3. The first kappa shape index (κ1) is 44.7. The number of benzene rings is 1. The highest BCUT2D eigenvalue weighted by Crippen LogP contribution is 2.40. The van der Waals surface area contributed by atoms with Crippen LogP contribution in [0.3, 0.4) is 0 Å². The highest BCUT2D eigenvalue weighted by Gasteiger charge is 2.47. The molecular formula is C46H56ClF3N4O7. The topological polar surface area (TPSA) is 149 Å². The molecule has 0 spiro atoms. The van der Waals surface area contributed by atoms with Gasteiger partial charge in [0.2, 0.25) is 17.6 Å². The minimum absolute atomic E-state index is 0.00543. The first-order chi connectivity index (χ1) is 28.9. The molecule has 1 unspecified atom stereocenters. The number of fused-ring (bicyclic) bond motifs is 1. The molecule has 330 valence electrons. The Kier molecular flexibility index (Phi) is 13.6. The summed E-state index contributed by atoms with van der Waals surface area (Å²) in [6.07, 6.45) is 5.62. The van der Waals surface area contributed by atoms with E-state index >= 15 is 4.79 Å². The van der Waals surface area contributed by atoms with E-state index in [1.807, 2.05) is 20.8 Å². The van der Waals surface area contributed by atoms with Gasteiger partial charge in [-0.25, -0.2) is 4.98 Å². The summed E-state index contributed by atoms with van der Waals surface area (Å²) in [4.78, 5) is 81.0. The smallest absolute Gasteiger partial charge is 0.416 e. The Hall–Kier alpha value is -4.33. The van der Waals surface area contributed by atoms with Crippen LogP contribution in [0.2, 0.25) is 5.02 Å². The molecule has 3 heterocycles. The SMILES string of the molecule is CC(C)(C)[C@H](CC(=O)[C@@H](Nc1nc2cc(C(F)(F)F)ccc2o1)C1CCCCC1)C(=O)N1C[C@H](Oc2ccc(Cl)cn2)C[C@H]1C(=O)CC(CC1CCC1)C(=O)C(=O)CC1CC1. The maximum absolute atomic E-state index is 15.0. The van der Waals surface area contributed by atoms with Gasteiger partial charge in [0.25, 0.3) is 6.01 Å². The van der Waals surface area contributed by atoms with Crippen LogP contribution in [0.5, 0.6) is 5.88 Å². The van der Waals surface area contributed by atoms with Gasteiger partial charge in [-0.2, -0.15) is 18.2 Å². The third-order valence-electron chi connectivity index (χ3n) is 13.2. The molecule has 3 aliphatic carbocycles. The van der Waals surface area contributed by atoms with Crippen molar-refractivity contribution in [1.82, 2.24) is 14.9 Å². The number of pyridine rings is 1. The molecule has 7 rings (SSSR count). The molecule has 1 aromatic carbocycles. The van der Waals surface area contributed by atoms with Crippen LogP contribution in [-0.4, -0.2) is 68.6 Å². The normalized spacial score (nSPS) is 21.7. The van der Waals surface area contributed by atoms with Gasteiger partial charge in [0.1, 0.15) is 11.6 Å². The van der Waals surface area contributed by atoms with Gasteiger partial charge in [-0.1, -0.05) is 70.9 Å². The molecule has 4 aliphatic rings. The van der Waals surface area contributed by atoms with Crippen LogP contribution in [-0.2, 0) is 30.1 Å². The number of Topliss-reactive ketones (excluding diaryl/α,β-unsaturated/α-hetero) is 4. The first-order valence-corrected chi connectivity index (χ1v) is 22.3. The van der Waals surface area contributed by atoms with E-state index in [1.165, 1.54) is 17.2 Å². The lowest BCUT2D eigenvalue weighted by Gasteiger charge is -2.36. The number of amides is 1. The van der Waals surface area contributed by atoms with Crippen molar-refractivity contribution in [3.05, 3.63) is 47.1 Å². The van der Waals surface area contributed by atoms with Crippen molar-refractivity contribution in [3.63, 3.8) is 0 Å². The molecule has 61 heavy (non-hydrogen) atoms. The fraction of sp³-hybridized carbons (Fsp3) is 0.630. The van der Waals surface area contributed by atoms with Gasteiger partial charge in [-0.3, -0.25) is 24.0 Å². The van der Waals surface area contributed by atoms with Crippen LogP contribution in [0, 0.1) is 35.0 Å². The van der Waals surface area contributed by atoms with Crippen molar-refractivity contribution in [2.75, 3.05) is 11.9 Å². The van der Waals surface area contributed by atoms with Gasteiger partial charge in [0, 0.05) is 49.8 Å². The van der Waals surface area contributed by atoms with Crippen LogP contribution in [0.15, 0.2) is 40.9 Å². The number of rotatable bonds is 18. The van der Waals surface area contributed by atoms with E-state index in [0.29, 0.717) is 11.4 Å². The number of carbonyl (C=O) groups excluding carboxylic acids is 5. The van der Waals surface area contributed by atoms with Gasteiger partial charge in [0.15, 0.2) is 22.9 Å². The molecule has 1 amide bonds. The number of carbonyl (C=O) groups is 5. The number of nitrogens with one attached hydrogen (secondary N) is 1. The van der Waals surface area contributed by atoms with E-state index in [0.717, 1.165) is 76.3 Å². The van der Waals surface area contributed by atoms with Crippen molar-refractivity contribution >= 4 is 57.8 Å². The average Bonchev–Trinajstić information content (AvgIpc) is 3.75. The Labute approximate surface area is 359 Å².